The van der Waals surface area contributed by atoms with Gasteiger partial charge in [-0.15, -0.1) is 0 Å². The number of aryl methyl sites for hydroxylation is 1. The predicted octanol–water partition coefficient (Wildman–Crippen LogP) is 3.60. The molecule has 0 bridgehead atoms. The van der Waals surface area contributed by atoms with Crippen molar-refractivity contribution in [1.82, 2.24) is 5.32 Å². The second kappa shape index (κ2) is 6.73. The number of carbonyl (C=O) groups is 1. The number of benzene rings is 2. The average Bonchev–Trinajstić information content (AvgIpc) is 2.49. The predicted molar refractivity (Wildman–Crippen MR) is 79.2 cm³/mol. The van der Waals surface area contributed by atoms with Gasteiger partial charge < -0.3 is 15.2 Å². The van der Waals surface area contributed by atoms with Crippen molar-refractivity contribution in [3.05, 3.63) is 63.5 Å². The van der Waals surface area contributed by atoms with E-state index in [1.54, 1.807) is 6.92 Å². The van der Waals surface area contributed by atoms with E-state index in [1.807, 2.05) is 0 Å². The number of hydrogen-bond donors (Lipinski definition) is 2. The van der Waals surface area contributed by atoms with Crippen LogP contribution in [0.15, 0.2) is 36.4 Å². The highest BCUT2D eigenvalue weighted by Gasteiger charge is 2.15. The van der Waals surface area contributed by atoms with Crippen LogP contribution in [-0.2, 0) is 6.54 Å². The van der Waals surface area contributed by atoms with E-state index in [9.17, 15) is 19.3 Å². The minimum Gasteiger partial charge on any atom is -0.465 e. The van der Waals surface area contributed by atoms with Crippen molar-refractivity contribution in [2.24, 2.45) is 0 Å². The van der Waals surface area contributed by atoms with Crippen LogP contribution in [0.4, 0.5) is 14.9 Å². The van der Waals surface area contributed by atoms with Gasteiger partial charge in [-0.05, 0) is 42.8 Å². The van der Waals surface area contributed by atoms with Crippen LogP contribution >= 0.6 is 0 Å². The Labute approximate surface area is 130 Å². The topological polar surface area (TPSA) is 102 Å². The molecule has 0 aliphatic heterocycles. The first-order valence-corrected chi connectivity index (χ1v) is 6.55. The molecule has 0 heterocycles. The smallest absolute Gasteiger partial charge is 0.404 e. The third-order valence-electron chi connectivity index (χ3n) is 3.04. The van der Waals surface area contributed by atoms with Gasteiger partial charge >= 0.3 is 6.09 Å². The Hall–Kier alpha value is -3.16. The number of nitrogens with zero attached hydrogens (tertiary/aromatic N) is 1. The lowest BCUT2D eigenvalue weighted by atomic mass is 10.1. The lowest BCUT2D eigenvalue weighted by Gasteiger charge is -2.09. The van der Waals surface area contributed by atoms with Crippen LogP contribution < -0.4 is 10.1 Å². The first-order valence-electron chi connectivity index (χ1n) is 6.55. The first-order chi connectivity index (χ1) is 10.9. The molecule has 2 aromatic rings. The molecule has 0 spiro atoms. The van der Waals surface area contributed by atoms with Gasteiger partial charge in [-0.3, -0.25) is 10.1 Å². The zero-order valence-corrected chi connectivity index (χ0v) is 12.1. The van der Waals surface area contributed by atoms with Crippen molar-refractivity contribution in [1.29, 1.82) is 0 Å². The van der Waals surface area contributed by atoms with Gasteiger partial charge in [-0.1, -0.05) is 0 Å². The van der Waals surface area contributed by atoms with Crippen molar-refractivity contribution in [3.8, 4) is 11.5 Å². The highest BCUT2D eigenvalue weighted by molar-refractivity contribution is 5.64. The molecule has 0 unspecified atom stereocenters. The summed E-state index contributed by atoms with van der Waals surface area (Å²) in [6, 6.07) is 8.16. The first kappa shape index (κ1) is 16.2. The number of hydrogen-bond acceptors (Lipinski definition) is 4. The molecule has 2 rings (SSSR count). The minimum atomic E-state index is -1.29. The van der Waals surface area contributed by atoms with Gasteiger partial charge in [0.05, 0.1) is 17.0 Å². The Kier molecular flexibility index (Phi) is 4.75. The fourth-order valence-electron chi connectivity index (χ4n) is 1.93. The van der Waals surface area contributed by atoms with Crippen molar-refractivity contribution >= 4 is 11.8 Å². The zero-order valence-electron chi connectivity index (χ0n) is 12.1. The molecule has 0 fully saturated rings. The lowest BCUT2D eigenvalue weighted by molar-refractivity contribution is -0.385. The van der Waals surface area contributed by atoms with Crippen LogP contribution in [0.2, 0.25) is 0 Å². The SMILES string of the molecule is Cc1cc(Oc2ccc([N+](=O)[O-])c(CNC(=O)O)c2)ccc1F. The summed E-state index contributed by atoms with van der Waals surface area (Å²) in [5, 5.41) is 21.7. The maximum atomic E-state index is 13.2. The summed E-state index contributed by atoms with van der Waals surface area (Å²) in [4.78, 5) is 20.9. The van der Waals surface area contributed by atoms with E-state index < -0.39 is 11.0 Å². The number of amides is 1. The molecule has 0 radical (unpaired) electrons. The number of halogens is 1. The van der Waals surface area contributed by atoms with Crippen molar-refractivity contribution in [2.45, 2.75) is 13.5 Å². The highest BCUT2D eigenvalue weighted by atomic mass is 19.1. The van der Waals surface area contributed by atoms with Gasteiger partial charge in [-0.25, -0.2) is 9.18 Å². The Morgan fingerprint density at radius 1 is 1.30 bits per heavy atom. The zero-order chi connectivity index (χ0) is 17.0. The normalized spacial score (nSPS) is 10.2. The highest BCUT2D eigenvalue weighted by Crippen LogP contribution is 2.28. The van der Waals surface area contributed by atoms with Gasteiger partial charge in [0.15, 0.2) is 0 Å². The third kappa shape index (κ3) is 4.16. The number of nitrogens with one attached hydrogen (secondary N) is 1. The van der Waals surface area contributed by atoms with Crippen LogP contribution in [0, 0.1) is 22.9 Å². The van der Waals surface area contributed by atoms with E-state index in [0.717, 1.165) is 0 Å². The molecule has 0 aliphatic rings. The van der Waals surface area contributed by atoms with E-state index >= 15 is 0 Å². The molecule has 0 saturated heterocycles. The molecular weight excluding hydrogens is 307 g/mol. The fraction of sp³-hybridized carbons (Fsp3) is 0.133. The Morgan fingerprint density at radius 2 is 1.96 bits per heavy atom. The van der Waals surface area contributed by atoms with E-state index in [0.29, 0.717) is 11.3 Å². The molecule has 0 aliphatic carbocycles. The van der Waals surface area contributed by atoms with Gasteiger partial charge in [0.2, 0.25) is 0 Å². The molecule has 2 aromatic carbocycles. The van der Waals surface area contributed by atoms with E-state index in [1.165, 1.54) is 36.4 Å². The second-order valence-electron chi connectivity index (χ2n) is 4.72. The van der Waals surface area contributed by atoms with E-state index in [-0.39, 0.29) is 29.4 Å². The van der Waals surface area contributed by atoms with Crippen LogP contribution in [0.25, 0.3) is 0 Å². The second-order valence-corrected chi connectivity index (χ2v) is 4.72. The number of carboxylic acid groups (broad SMARTS) is 1. The molecule has 23 heavy (non-hydrogen) atoms. The third-order valence-corrected chi connectivity index (χ3v) is 3.04. The minimum absolute atomic E-state index is 0.161. The fourth-order valence-corrected chi connectivity index (χ4v) is 1.93. The Bertz CT molecular complexity index is 764. The van der Waals surface area contributed by atoms with Gasteiger partial charge in [0.25, 0.3) is 5.69 Å². The number of nitro groups is 1. The number of ether oxygens (including phenoxy) is 1. The van der Waals surface area contributed by atoms with Gasteiger partial charge in [0.1, 0.15) is 17.3 Å². The quantitative estimate of drug-likeness (QED) is 0.647. The summed E-state index contributed by atoms with van der Waals surface area (Å²) in [5.41, 5.74) is 0.340. The molecule has 2 N–H and O–H groups in total. The largest absolute Gasteiger partial charge is 0.465 e. The number of nitro benzene ring substituents is 1. The van der Waals surface area contributed by atoms with Crippen LogP contribution in [0.1, 0.15) is 11.1 Å². The standard InChI is InChI=1S/C15H13FN2O5/c1-9-6-11(2-4-13(9)16)23-12-3-5-14(18(21)22)10(7-12)8-17-15(19)20/h2-7,17H,8H2,1H3,(H,19,20). The van der Waals surface area contributed by atoms with Crippen molar-refractivity contribution < 1.29 is 24.0 Å². The lowest BCUT2D eigenvalue weighted by Crippen LogP contribution is -2.20. The summed E-state index contributed by atoms with van der Waals surface area (Å²) in [5.74, 6) is 0.283. The number of rotatable bonds is 5. The monoisotopic (exact) mass is 320 g/mol. The maximum absolute atomic E-state index is 13.2. The molecule has 1 amide bonds. The maximum Gasteiger partial charge on any atom is 0.404 e. The van der Waals surface area contributed by atoms with Crippen molar-refractivity contribution in [3.63, 3.8) is 0 Å². The summed E-state index contributed by atoms with van der Waals surface area (Å²) in [6.45, 7) is 1.35. The summed E-state index contributed by atoms with van der Waals surface area (Å²) in [6.07, 6.45) is -1.29. The van der Waals surface area contributed by atoms with Crippen LogP contribution in [-0.4, -0.2) is 16.1 Å². The molecule has 0 aromatic heterocycles. The molecular formula is C15H13FN2O5. The molecule has 0 saturated carbocycles. The van der Waals surface area contributed by atoms with Crippen LogP contribution in [0.5, 0.6) is 11.5 Å². The summed E-state index contributed by atoms with van der Waals surface area (Å²) >= 11 is 0. The Balaban J connectivity index is 2.28. The van der Waals surface area contributed by atoms with Gasteiger partial charge in [-0.2, -0.15) is 0 Å². The van der Waals surface area contributed by atoms with E-state index in [4.69, 9.17) is 9.84 Å². The van der Waals surface area contributed by atoms with E-state index in [2.05, 4.69) is 5.32 Å². The van der Waals surface area contributed by atoms with Crippen LogP contribution in [0.3, 0.4) is 0 Å². The summed E-state index contributed by atoms with van der Waals surface area (Å²) in [7, 11) is 0. The molecule has 8 heteroatoms. The average molecular weight is 320 g/mol. The Morgan fingerprint density at radius 3 is 2.57 bits per heavy atom. The summed E-state index contributed by atoms with van der Waals surface area (Å²) < 4.78 is 18.8. The molecule has 7 nitrogen and oxygen atoms in total. The molecule has 0 atom stereocenters. The molecule has 120 valence electrons. The van der Waals surface area contributed by atoms with Crippen molar-refractivity contribution in [2.75, 3.05) is 0 Å². The van der Waals surface area contributed by atoms with Gasteiger partial charge in [0, 0.05) is 6.07 Å².